The SMILES string of the molecule is C=CCc1ccc(OC(=O)C(N)c2cc(CC=C)ccc2O)cc1.Cl. The lowest BCUT2D eigenvalue weighted by atomic mass is 10.0. The lowest BCUT2D eigenvalue weighted by Crippen LogP contribution is -2.26. The highest BCUT2D eigenvalue weighted by Crippen LogP contribution is 2.26. The minimum Gasteiger partial charge on any atom is -0.508 e. The third kappa shape index (κ3) is 5.48. The Morgan fingerprint density at radius 2 is 1.64 bits per heavy atom. The van der Waals surface area contributed by atoms with Gasteiger partial charge < -0.3 is 15.6 Å². The quantitative estimate of drug-likeness (QED) is 0.447. The summed E-state index contributed by atoms with van der Waals surface area (Å²) in [6, 6.07) is 11.0. The van der Waals surface area contributed by atoms with Crippen molar-refractivity contribution in [3.8, 4) is 11.5 Å². The van der Waals surface area contributed by atoms with Crippen LogP contribution in [0.25, 0.3) is 0 Å². The number of phenolic OH excluding ortho intramolecular Hbond substituents is 1. The summed E-state index contributed by atoms with van der Waals surface area (Å²) in [5, 5.41) is 9.96. The smallest absolute Gasteiger partial charge is 0.333 e. The average Bonchev–Trinajstić information content (AvgIpc) is 2.58. The standard InChI is InChI=1S/C20H21NO3.ClH/c1-3-5-14-7-10-16(11-8-14)24-20(23)19(21)17-13-15(6-4-2)9-12-18(17)22;/h3-4,7-13,19,22H,1-2,5-6,21H2;1H. The van der Waals surface area contributed by atoms with Crippen molar-refractivity contribution in [2.24, 2.45) is 5.73 Å². The van der Waals surface area contributed by atoms with Crippen molar-refractivity contribution in [1.82, 2.24) is 0 Å². The van der Waals surface area contributed by atoms with Crippen LogP contribution in [-0.4, -0.2) is 11.1 Å². The number of benzene rings is 2. The van der Waals surface area contributed by atoms with E-state index < -0.39 is 12.0 Å². The molecule has 0 aliphatic rings. The molecule has 0 amide bonds. The van der Waals surface area contributed by atoms with Crippen molar-refractivity contribution >= 4 is 18.4 Å². The third-order valence-electron chi connectivity index (χ3n) is 3.58. The molecule has 2 aromatic rings. The number of aromatic hydroxyl groups is 1. The summed E-state index contributed by atoms with van der Waals surface area (Å²) in [7, 11) is 0. The molecular weight excluding hydrogens is 338 g/mol. The van der Waals surface area contributed by atoms with E-state index in [1.165, 1.54) is 6.07 Å². The number of halogens is 1. The van der Waals surface area contributed by atoms with Gasteiger partial charge in [-0.1, -0.05) is 30.4 Å². The number of allylic oxidation sites excluding steroid dienone is 2. The summed E-state index contributed by atoms with van der Waals surface area (Å²) >= 11 is 0. The highest BCUT2D eigenvalue weighted by molar-refractivity contribution is 5.85. The van der Waals surface area contributed by atoms with Gasteiger partial charge in [0.15, 0.2) is 0 Å². The minimum absolute atomic E-state index is 0. The first-order chi connectivity index (χ1) is 11.5. The molecule has 0 spiro atoms. The molecular formula is C20H22ClNO3. The summed E-state index contributed by atoms with van der Waals surface area (Å²) in [6.07, 6.45) is 4.91. The maximum atomic E-state index is 12.3. The molecule has 0 aliphatic carbocycles. The molecule has 0 radical (unpaired) electrons. The highest BCUT2D eigenvalue weighted by Gasteiger charge is 2.21. The predicted octanol–water partition coefficient (Wildman–Crippen LogP) is 3.88. The number of hydrogen-bond donors (Lipinski definition) is 2. The number of esters is 1. The van der Waals surface area contributed by atoms with Crippen LogP contribution in [0.5, 0.6) is 11.5 Å². The van der Waals surface area contributed by atoms with Crippen LogP contribution in [0.4, 0.5) is 0 Å². The molecule has 2 aromatic carbocycles. The lowest BCUT2D eigenvalue weighted by molar-refractivity contribution is -0.136. The van der Waals surface area contributed by atoms with Gasteiger partial charge in [-0.15, -0.1) is 25.6 Å². The van der Waals surface area contributed by atoms with Gasteiger partial charge in [0.2, 0.25) is 0 Å². The van der Waals surface area contributed by atoms with Crippen LogP contribution >= 0.6 is 12.4 Å². The maximum Gasteiger partial charge on any atom is 0.333 e. The second kappa shape index (κ2) is 9.67. The van der Waals surface area contributed by atoms with Crippen LogP contribution in [0.2, 0.25) is 0 Å². The molecule has 0 bridgehead atoms. The number of phenols is 1. The molecule has 25 heavy (non-hydrogen) atoms. The van der Waals surface area contributed by atoms with E-state index in [-0.39, 0.29) is 18.2 Å². The molecule has 1 atom stereocenters. The molecule has 5 heteroatoms. The zero-order chi connectivity index (χ0) is 17.5. The van der Waals surface area contributed by atoms with E-state index in [1.807, 2.05) is 12.1 Å². The largest absolute Gasteiger partial charge is 0.508 e. The Balaban J connectivity index is 0.00000312. The van der Waals surface area contributed by atoms with Gasteiger partial charge in [-0.05, 0) is 48.2 Å². The fourth-order valence-electron chi connectivity index (χ4n) is 2.31. The fraction of sp³-hybridized carbons (Fsp3) is 0.150. The predicted molar refractivity (Wildman–Crippen MR) is 102 cm³/mol. The zero-order valence-corrected chi connectivity index (χ0v) is 14.7. The van der Waals surface area contributed by atoms with Crippen LogP contribution in [0.3, 0.4) is 0 Å². The topological polar surface area (TPSA) is 72.5 Å². The Kier molecular flexibility index (Phi) is 7.92. The monoisotopic (exact) mass is 359 g/mol. The van der Waals surface area contributed by atoms with Crippen LogP contribution in [-0.2, 0) is 17.6 Å². The molecule has 0 saturated heterocycles. The first-order valence-electron chi connectivity index (χ1n) is 7.65. The number of hydrogen-bond acceptors (Lipinski definition) is 4. The van der Waals surface area contributed by atoms with Gasteiger partial charge in [-0.25, -0.2) is 4.79 Å². The fourth-order valence-corrected chi connectivity index (χ4v) is 2.31. The summed E-state index contributed by atoms with van der Waals surface area (Å²) in [6.45, 7) is 7.35. The third-order valence-corrected chi connectivity index (χ3v) is 3.58. The van der Waals surface area contributed by atoms with E-state index in [9.17, 15) is 9.90 Å². The molecule has 1 unspecified atom stereocenters. The molecule has 0 aromatic heterocycles. The second-order valence-corrected chi connectivity index (χ2v) is 5.42. The lowest BCUT2D eigenvalue weighted by Gasteiger charge is -2.14. The van der Waals surface area contributed by atoms with Gasteiger partial charge >= 0.3 is 5.97 Å². The molecule has 3 N–H and O–H groups in total. The van der Waals surface area contributed by atoms with Gasteiger partial charge in [0, 0.05) is 5.56 Å². The molecule has 0 aliphatic heterocycles. The molecule has 0 fully saturated rings. The molecule has 132 valence electrons. The Morgan fingerprint density at radius 1 is 1.08 bits per heavy atom. The van der Waals surface area contributed by atoms with Crippen LogP contribution < -0.4 is 10.5 Å². The van der Waals surface area contributed by atoms with Crippen molar-refractivity contribution in [2.75, 3.05) is 0 Å². The first-order valence-corrected chi connectivity index (χ1v) is 7.65. The van der Waals surface area contributed by atoms with Gasteiger partial charge in [0.25, 0.3) is 0 Å². The zero-order valence-electron chi connectivity index (χ0n) is 13.9. The van der Waals surface area contributed by atoms with Gasteiger partial charge in [-0.3, -0.25) is 0 Å². The van der Waals surface area contributed by atoms with Crippen molar-refractivity contribution in [1.29, 1.82) is 0 Å². The van der Waals surface area contributed by atoms with E-state index in [0.29, 0.717) is 17.7 Å². The van der Waals surface area contributed by atoms with E-state index in [0.717, 1.165) is 17.5 Å². The maximum absolute atomic E-state index is 12.3. The average molecular weight is 360 g/mol. The Morgan fingerprint density at radius 3 is 2.24 bits per heavy atom. The number of nitrogens with two attached hydrogens (primary N) is 1. The number of ether oxygens (including phenoxy) is 1. The Labute approximate surface area is 154 Å². The summed E-state index contributed by atoms with van der Waals surface area (Å²) in [5.41, 5.74) is 8.28. The van der Waals surface area contributed by atoms with Gasteiger partial charge in [-0.2, -0.15) is 0 Å². The van der Waals surface area contributed by atoms with Crippen molar-refractivity contribution in [3.05, 3.63) is 84.5 Å². The van der Waals surface area contributed by atoms with Crippen LogP contribution in [0.15, 0.2) is 67.8 Å². The first kappa shape index (κ1) is 20.5. The minimum atomic E-state index is -1.07. The summed E-state index contributed by atoms with van der Waals surface area (Å²) < 4.78 is 5.30. The van der Waals surface area contributed by atoms with Gasteiger partial charge in [0.05, 0.1) is 0 Å². The Bertz CT molecular complexity index is 741. The van der Waals surface area contributed by atoms with Crippen LogP contribution in [0.1, 0.15) is 22.7 Å². The van der Waals surface area contributed by atoms with E-state index >= 15 is 0 Å². The molecule has 2 rings (SSSR count). The molecule has 0 saturated carbocycles. The summed E-state index contributed by atoms with van der Waals surface area (Å²) in [5.74, 6) is -0.254. The van der Waals surface area contributed by atoms with Crippen molar-refractivity contribution < 1.29 is 14.6 Å². The molecule has 4 nitrogen and oxygen atoms in total. The van der Waals surface area contributed by atoms with Gasteiger partial charge in [0.1, 0.15) is 17.5 Å². The second-order valence-electron chi connectivity index (χ2n) is 5.42. The highest BCUT2D eigenvalue weighted by atomic mass is 35.5. The number of carbonyl (C=O) groups excluding carboxylic acids is 1. The van der Waals surface area contributed by atoms with E-state index in [2.05, 4.69) is 13.2 Å². The normalized spacial score (nSPS) is 11.1. The Hall–Kier alpha value is -2.56. The number of carbonyl (C=O) groups is 1. The van der Waals surface area contributed by atoms with Crippen molar-refractivity contribution in [2.45, 2.75) is 18.9 Å². The molecule has 0 heterocycles. The number of rotatable bonds is 7. The van der Waals surface area contributed by atoms with E-state index in [1.54, 1.807) is 36.4 Å². The van der Waals surface area contributed by atoms with E-state index in [4.69, 9.17) is 10.5 Å². The van der Waals surface area contributed by atoms with Crippen LogP contribution in [0, 0.1) is 0 Å². The summed E-state index contributed by atoms with van der Waals surface area (Å²) in [4.78, 5) is 12.3. The van der Waals surface area contributed by atoms with Crippen molar-refractivity contribution in [3.63, 3.8) is 0 Å².